The fourth-order valence-corrected chi connectivity index (χ4v) is 3.56. The lowest BCUT2D eigenvalue weighted by Crippen LogP contribution is -2.36. The lowest BCUT2D eigenvalue weighted by Gasteiger charge is -2.29. The van der Waals surface area contributed by atoms with Crippen LogP contribution < -0.4 is 14.8 Å². The molecule has 0 spiro atoms. The van der Waals surface area contributed by atoms with Gasteiger partial charge in [0.1, 0.15) is 0 Å². The van der Waals surface area contributed by atoms with Crippen LogP contribution in [0.25, 0.3) is 0 Å². The van der Waals surface area contributed by atoms with E-state index in [9.17, 15) is 4.79 Å². The van der Waals surface area contributed by atoms with Gasteiger partial charge in [0.15, 0.2) is 11.5 Å². The summed E-state index contributed by atoms with van der Waals surface area (Å²) < 4.78 is 10.6. The molecule has 0 bridgehead atoms. The minimum atomic E-state index is -0.0111. The van der Waals surface area contributed by atoms with Gasteiger partial charge < -0.3 is 19.7 Å². The van der Waals surface area contributed by atoms with Crippen molar-refractivity contribution in [3.05, 3.63) is 77.6 Å². The Kier molecular flexibility index (Phi) is 5.33. The number of carbonyl (C=O) groups excluding carboxylic acids is 1. The molecular weight excluding hydrogens is 366 g/mol. The van der Waals surface area contributed by atoms with Crippen LogP contribution in [0.3, 0.4) is 0 Å². The average molecular weight is 389 g/mol. The number of hydrogen-bond acceptors (Lipinski definition) is 5. The Bertz CT molecular complexity index is 1040. The van der Waals surface area contributed by atoms with Crippen LogP contribution in [-0.2, 0) is 13.0 Å². The number of ether oxygens (including phenoxy) is 2. The fourth-order valence-electron chi connectivity index (χ4n) is 3.56. The highest BCUT2D eigenvalue weighted by atomic mass is 16.5. The molecule has 1 aromatic heterocycles. The molecule has 6 heteroatoms. The molecule has 0 unspecified atom stereocenters. The van der Waals surface area contributed by atoms with E-state index in [2.05, 4.69) is 22.4 Å². The van der Waals surface area contributed by atoms with Crippen LogP contribution in [0.1, 0.15) is 21.5 Å². The molecule has 148 valence electrons. The van der Waals surface area contributed by atoms with Crippen molar-refractivity contribution in [3.63, 3.8) is 0 Å². The van der Waals surface area contributed by atoms with Crippen LogP contribution in [0.2, 0.25) is 0 Å². The van der Waals surface area contributed by atoms with Crippen molar-refractivity contribution in [3.8, 4) is 11.5 Å². The maximum absolute atomic E-state index is 13.0. The second-order valence-corrected chi connectivity index (χ2v) is 6.90. The summed E-state index contributed by atoms with van der Waals surface area (Å²) >= 11 is 0. The van der Waals surface area contributed by atoms with Gasteiger partial charge in [-0.2, -0.15) is 0 Å². The maximum atomic E-state index is 13.0. The van der Waals surface area contributed by atoms with E-state index in [-0.39, 0.29) is 5.91 Å². The van der Waals surface area contributed by atoms with E-state index in [1.54, 1.807) is 26.6 Å². The first-order valence-corrected chi connectivity index (χ1v) is 9.48. The van der Waals surface area contributed by atoms with Crippen molar-refractivity contribution in [1.82, 2.24) is 9.88 Å². The number of methoxy groups -OCH3 is 2. The van der Waals surface area contributed by atoms with Crippen molar-refractivity contribution in [2.75, 3.05) is 26.1 Å². The average Bonchev–Trinajstić information content (AvgIpc) is 2.78. The molecule has 2 heterocycles. The summed E-state index contributed by atoms with van der Waals surface area (Å²) in [5.74, 6) is 1.28. The van der Waals surface area contributed by atoms with Crippen LogP contribution in [0.4, 0.5) is 11.4 Å². The first kappa shape index (κ1) is 18.8. The van der Waals surface area contributed by atoms with Crippen molar-refractivity contribution in [2.24, 2.45) is 0 Å². The monoisotopic (exact) mass is 389 g/mol. The van der Waals surface area contributed by atoms with Gasteiger partial charge in [-0.1, -0.05) is 24.3 Å². The molecule has 4 rings (SSSR count). The van der Waals surface area contributed by atoms with Crippen molar-refractivity contribution < 1.29 is 14.3 Å². The Morgan fingerprint density at radius 1 is 0.966 bits per heavy atom. The SMILES string of the molecule is COc1ccc(Nc2cncc(C(=O)N3CCc4ccccc4C3)c2)cc1OC. The van der Waals surface area contributed by atoms with E-state index < -0.39 is 0 Å². The fraction of sp³-hybridized carbons (Fsp3) is 0.217. The third-order valence-electron chi connectivity index (χ3n) is 5.08. The molecular formula is C23H23N3O3. The molecule has 0 saturated heterocycles. The lowest BCUT2D eigenvalue weighted by atomic mass is 9.99. The number of rotatable bonds is 5. The summed E-state index contributed by atoms with van der Waals surface area (Å²) in [4.78, 5) is 19.1. The van der Waals surface area contributed by atoms with Gasteiger partial charge in [0.2, 0.25) is 0 Å². The molecule has 0 radical (unpaired) electrons. The molecule has 29 heavy (non-hydrogen) atoms. The highest BCUT2D eigenvalue weighted by molar-refractivity contribution is 5.95. The van der Waals surface area contributed by atoms with E-state index in [0.29, 0.717) is 30.2 Å². The standard InChI is InChI=1S/C23H23N3O3/c1-28-21-8-7-19(12-22(21)29-2)25-20-11-18(13-24-14-20)23(27)26-10-9-16-5-3-4-6-17(16)15-26/h3-8,11-14,25H,9-10,15H2,1-2H3. The van der Waals surface area contributed by atoms with E-state index in [0.717, 1.165) is 17.8 Å². The molecule has 1 amide bonds. The van der Waals surface area contributed by atoms with Crippen molar-refractivity contribution >= 4 is 17.3 Å². The molecule has 1 aliphatic heterocycles. The largest absolute Gasteiger partial charge is 0.493 e. The van der Waals surface area contributed by atoms with E-state index in [1.807, 2.05) is 41.3 Å². The summed E-state index contributed by atoms with van der Waals surface area (Å²) in [5.41, 5.74) is 4.65. The minimum absolute atomic E-state index is 0.0111. The van der Waals surface area contributed by atoms with Crippen molar-refractivity contribution in [1.29, 1.82) is 0 Å². The zero-order valence-corrected chi connectivity index (χ0v) is 16.5. The Morgan fingerprint density at radius 2 is 1.76 bits per heavy atom. The van der Waals surface area contributed by atoms with Crippen LogP contribution in [0, 0.1) is 0 Å². The number of nitrogens with zero attached hydrogens (tertiary/aromatic N) is 2. The van der Waals surface area contributed by atoms with Gasteiger partial charge in [-0.3, -0.25) is 9.78 Å². The second kappa shape index (κ2) is 8.22. The van der Waals surface area contributed by atoms with Gasteiger partial charge in [0.05, 0.1) is 31.7 Å². The Hall–Kier alpha value is -3.54. The summed E-state index contributed by atoms with van der Waals surface area (Å²) in [5, 5.41) is 3.27. The van der Waals surface area contributed by atoms with Gasteiger partial charge in [0, 0.05) is 31.0 Å². The molecule has 0 aliphatic carbocycles. The zero-order valence-electron chi connectivity index (χ0n) is 16.5. The number of pyridine rings is 1. The number of fused-ring (bicyclic) bond motifs is 1. The predicted molar refractivity (Wildman–Crippen MR) is 112 cm³/mol. The number of carbonyl (C=O) groups is 1. The highest BCUT2D eigenvalue weighted by Crippen LogP contribution is 2.31. The topological polar surface area (TPSA) is 63.7 Å². The summed E-state index contributed by atoms with van der Waals surface area (Å²) in [7, 11) is 3.20. The van der Waals surface area contributed by atoms with Gasteiger partial charge in [-0.15, -0.1) is 0 Å². The molecule has 3 aromatic rings. The lowest BCUT2D eigenvalue weighted by molar-refractivity contribution is 0.0734. The quantitative estimate of drug-likeness (QED) is 0.713. The first-order valence-electron chi connectivity index (χ1n) is 9.48. The molecule has 2 aromatic carbocycles. The van der Waals surface area contributed by atoms with E-state index >= 15 is 0 Å². The number of benzene rings is 2. The second-order valence-electron chi connectivity index (χ2n) is 6.90. The van der Waals surface area contributed by atoms with Gasteiger partial charge in [0.25, 0.3) is 5.91 Å². The van der Waals surface area contributed by atoms with Crippen molar-refractivity contribution in [2.45, 2.75) is 13.0 Å². The summed E-state index contributed by atoms with van der Waals surface area (Å²) in [6, 6.07) is 15.7. The minimum Gasteiger partial charge on any atom is -0.493 e. The number of nitrogens with one attached hydrogen (secondary N) is 1. The molecule has 1 N–H and O–H groups in total. The van der Waals surface area contributed by atoms with Gasteiger partial charge in [-0.05, 0) is 35.7 Å². The maximum Gasteiger partial charge on any atom is 0.255 e. The first-order chi connectivity index (χ1) is 14.2. The summed E-state index contributed by atoms with van der Waals surface area (Å²) in [6.45, 7) is 1.34. The van der Waals surface area contributed by atoms with Crippen LogP contribution >= 0.6 is 0 Å². The van der Waals surface area contributed by atoms with Crippen LogP contribution in [0.5, 0.6) is 11.5 Å². The number of aromatic nitrogens is 1. The summed E-state index contributed by atoms with van der Waals surface area (Å²) in [6.07, 6.45) is 4.18. The van der Waals surface area contributed by atoms with Gasteiger partial charge >= 0.3 is 0 Å². The highest BCUT2D eigenvalue weighted by Gasteiger charge is 2.22. The number of anilines is 2. The third kappa shape index (κ3) is 4.01. The van der Waals surface area contributed by atoms with Crippen LogP contribution in [0.15, 0.2) is 60.9 Å². The van der Waals surface area contributed by atoms with Gasteiger partial charge in [-0.25, -0.2) is 0 Å². The van der Waals surface area contributed by atoms with E-state index in [4.69, 9.17) is 9.47 Å². The Morgan fingerprint density at radius 3 is 2.55 bits per heavy atom. The van der Waals surface area contributed by atoms with E-state index in [1.165, 1.54) is 11.1 Å². The third-order valence-corrected chi connectivity index (χ3v) is 5.08. The number of hydrogen-bond donors (Lipinski definition) is 1. The number of amides is 1. The predicted octanol–water partition coefficient (Wildman–Crippen LogP) is 4.04. The molecule has 0 fully saturated rings. The molecule has 1 aliphatic rings. The molecule has 0 atom stereocenters. The molecule has 0 saturated carbocycles. The smallest absolute Gasteiger partial charge is 0.255 e. The molecule has 6 nitrogen and oxygen atoms in total. The normalized spacial score (nSPS) is 12.8. The van der Waals surface area contributed by atoms with Crippen LogP contribution in [-0.4, -0.2) is 36.6 Å². The Labute approximate surface area is 170 Å². The zero-order chi connectivity index (χ0) is 20.2. The Balaban J connectivity index is 1.51.